The van der Waals surface area contributed by atoms with Crippen LogP contribution in [0.3, 0.4) is 0 Å². The van der Waals surface area contributed by atoms with E-state index in [1.54, 1.807) is 12.1 Å². The molecule has 2 saturated heterocycles. The maximum absolute atomic E-state index is 13.4. The summed E-state index contributed by atoms with van der Waals surface area (Å²) in [4.78, 5) is 2.88. The molecule has 30 heavy (non-hydrogen) atoms. The van der Waals surface area contributed by atoms with Gasteiger partial charge in [-0.05, 0) is 70.7 Å². The summed E-state index contributed by atoms with van der Waals surface area (Å²) < 4.78 is 34.0. The number of piperidine rings is 1. The van der Waals surface area contributed by atoms with Crippen molar-refractivity contribution >= 4 is 10.0 Å². The number of likely N-dealkylation sites (tertiary alicyclic amines) is 1. The van der Waals surface area contributed by atoms with Crippen LogP contribution in [0.2, 0.25) is 0 Å². The first-order chi connectivity index (χ1) is 14.5. The van der Waals surface area contributed by atoms with Crippen LogP contribution < -0.4 is 0 Å². The van der Waals surface area contributed by atoms with Gasteiger partial charge < -0.3 is 4.52 Å². The zero-order valence-electron chi connectivity index (χ0n) is 18.1. The SMILES string of the molecule is Cc1noc(C)c1CN1CCC([C@H]2CCCCCN2S(=O)(=O)c2ccccc2)CC1. The Morgan fingerprint density at radius 3 is 2.40 bits per heavy atom. The molecule has 164 valence electrons. The number of nitrogens with zero attached hydrogens (tertiary/aromatic N) is 3. The Morgan fingerprint density at radius 2 is 1.73 bits per heavy atom. The molecule has 7 heteroatoms. The van der Waals surface area contributed by atoms with E-state index in [0.717, 1.165) is 69.6 Å². The lowest BCUT2D eigenvalue weighted by Crippen LogP contribution is -2.47. The van der Waals surface area contributed by atoms with Crippen LogP contribution in [0.25, 0.3) is 0 Å². The maximum atomic E-state index is 13.4. The fourth-order valence-corrected chi connectivity index (χ4v) is 6.83. The van der Waals surface area contributed by atoms with Gasteiger partial charge in [0.1, 0.15) is 5.76 Å². The minimum Gasteiger partial charge on any atom is -0.361 e. The Balaban J connectivity index is 1.46. The molecule has 2 aliphatic rings. The van der Waals surface area contributed by atoms with Gasteiger partial charge in [0.05, 0.1) is 10.6 Å². The van der Waals surface area contributed by atoms with Gasteiger partial charge in [0.2, 0.25) is 10.0 Å². The van der Waals surface area contributed by atoms with Gasteiger partial charge in [-0.1, -0.05) is 36.2 Å². The third-order valence-corrected chi connectivity index (χ3v) is 8.78. The van der Waals surface area contributed by atoms with E-state index in [-0.39, 0.29) is 6.04 Å². The summed E-state index contributed by atoms with van der Waals surface area (Å²) in [7, 11) is -3.45. The summed E-state index contributed by atoms with van der Waals surface area (Å²) in [6.45, 7) is 7.46. The molecule has 0 saturated carbocycles. The second-order valence-electron chi connectivity index (χ2n) is 8.76. The zero-order valence-corrected chi connectivity index (χ0v) is 18.9. The highest BCUT2D eigenvalue weighted by molar-refractivity contribution is 7.89. The molecule has 0 spiro atoms. The number of aryl methyl sites for hydroxylation is 2. The highest BCUT2D eigenvalue weighted by atomic mass is 32.2. The molecule has 2 aliphatic heterocycles. The topological polar surface area (TPSA) is 66.7 Å². The van der Waals surface area contributed by atoms with E-state index in [1.165, 1.54) is 5.56 Å². The number of hydrogen-bond donors (Lipinski definition) is 0. The van der Waals surface area contributed by atoms with Crippen LogP contribution >= 0.6 is 0 Å². The molecular formula is C23H33N3O3S. The predicted octanol–water partition coefficient (Wildman–Crippen LogP) is 4.14. The number of hydrogen-bond acceptors (Lipinski definition) is 5. The smallest absolute Gasteiger partial charge is 0.243 e. The van der Waals surface area contributed by atoms with Gasteiger partial charge in [-0.3, -0.25) is 4.90 Å². The van der Waals surface area contributed by atoms with Crippen LogP contribution in [0.15, 0.2) is 39.8 Å². The Kier molecular flexibility index (Phi) is 6.60. The number of sulfonamides is 1. The summed E-state index contributed by atoms with van der Waals surface area (Å²) in [5.41, 5.74) is 2.16. The zero-order chi connectivity index (χ0) is 21.1. The van der Waals surface area contributed by atoms with Crippen molar-refractivity contribution in [2.24, 2.45) is 5.92 Å². The first-order valence-corrected chi connectivity index (χ1v) is 12.6. The Labute approximate surface area is 180 Å². The van der Waals surface area contributed by atoms with Crippen molar-refractivity contribution in [3.05, 3.63) is 47.3 Å². The molecule has 0 aliphatic carbocycles. The van der Waals surface area contributed by atoms with Gasteiger partial charge in [0, 0.05) is 24.7 Å². The number of rotatable bonds is 5. The molecule has 1 aromatic carbocycles. The minimum atomic E-state index is -3.45. The van der Waals surface area contributed by atoms with E-state index >= 15 is 0 Å². The van der Waals surface area contributed by atoms with Gasteiger partial charge in [-0.2, -0.15) is 4.31 Å². The summed E-state index contributed by atoms with van der Waals surface area (Å²) in [5.74, 6) is 1.32. The van der Waals surface area contributed by atoms with Crippen molar-refractivity contribution in [3.63, 3.8) is 0 Å². The molecule has 2 fully saturated rings. The van der Waals surface area contributed by atoms with Crippen LogP contribution in [0.1, 0.15) is 55.5 Å². The average molecular weight is 432 g/mol. The molecular weight excluding hydrogens is 398 g/mol. The molecule has 0 N–H and O–H groups in total. The third kappa shape index (κ3) is 4.48. The Bertz CT molecular complexity index is 914. The van der Waals surface area contributed by atoms with Crippen LogP contribution in [0, 0.1) is 19.8 Å². The molecule has 1 atom stereocenters. The van der Waals surface area contributed by atoms with Crippen LogP contribution in [-0.4, -0.2) is 48.5 Å². The molecule has 0 radical (unpaired) electrons. The third-order valence-electron chi connectivity index (χ3n) is 6.84. The monoisotopic (exact) mass is 431 g/mol. The van der Waals surface area contributed by atoms with Crippen LogP contribution in [-0.2, 0) is 16.6 Å². The molecule has 1 aromatic heterocycles. The normalized spacial score (nSPS) is 22.8. The van der Waals surface area contributed by atoms with E-state index in [1.807, 2.05) is 36.4 Å². The Hall–Kier alpha value is -1.70. The molecule has 2 aromatic rings. The van der Waals surface area contributed by atoms with Gasteiger partial charge in [-0.25, -0.2) is 8.42 Å². The first-order valence-electron chi connectivity index (χ1n) is 11.2. The molecule has 3 heterocycles. The van der Waals surface area contributed by atoms with Crippen molar-refractivity contribution in [2.45, 2.75) is 69.9 Å². The predicted molar refractivity (Wildman–Crippen MR) is 117 cm³/mol. The van der Waals surface area contributed by atoms with E-state index in [0.29, 0.717) is 17.4 Å². The quantitative estimate of drug-likeness (QED) is 0.712. The molecule has 0 amide bonds. The fourth-order valence-electron chi connectivity index (χ4n) is 5.05. The highest BCUT2D eigenvalue weighted by Crippen LogP contribution is 2.34. The second-order valence-corrected chi connectivity index (χ2v) is 10.7. The van der Waals surface area contributed by atoms with Crippen LogP contribution in [0.4, 0.5) is 0 Å². The maximum Gasteiger partial charge on any atom is 0.243 e. The standard InChI is InChI=1S/C23H33N3O3S/c1-18-22(19(2)29-24-18)17-25-15-12-20(13-16-25)23-11-7-4-8-14-26(23)30(27,28)21-9-5-3-6-10-21/h3,5-6,9-10,20,23H,4,7-8,11-17H2,1-2H3/t23-/m1/s1. The van der Waals surface area contributed by atoms with Crippen LogP contribution in [0.5, 0.6) is 0 Å². The molecule has 6 nitrogen and oxygen atoms in total. The molecule has 0 bridgehead atoms. The average Bonchev–Trinajstić information content (AvgIpc) is 2.96. The summed E-state index contributed by atoms with van der Waals surface area (Å²) in [6, 6.07) is 9.05. The minimum absolute atomic E-state index is 0.110. The van der Waals surface area contributed by atoms with Crippen molar-refractivity contribution in [3.8, 4) is 0 Å². The van der Waals surface area contributed by atoms with Gasteiger partial charge >= 0.3 is 0 Å². The number of aromatic nitrogens is 1. The van der Waals surface area contributed by atoms with Gasteiger partial charge in [0.15, 0.2) is 0 Å². The highest BCUT2D eigenvalue weighted by Gasteiger charge is 2.38. The number of benzene rings is 1. The first kappa shape index (κ1) is 21.5. The van der Waals surface area contributed by atoms with E-state index < -0.39 is 10.0 Å². The van der Waals surface area contributed by atoms with Crippen molar-refractivity contribution in [2.75, 3.05) is 19.6 Å². The largest absolute Gasteiger partial charge is 0.361 e. The van der Waals surface area contributed by atoms with Crippen molar-refractivity contribution < 1.29 is 12.9 Å². The second kappa shape index (κ2) is 9.20. The summed E-state index contributed by atoms with van der Waals surface area (Å²) >= 11 is 0. The van der Waals surface area contributed by atoms with Gasteiger partial charge in [0.25, 0.3) is 0 Å². The van der Waals surface area contributed by atoms with E-state index in [2.05, 4.69) is 10.1 Å². The van der Waals surface area contributed by atoms with Crippen molar-refractivity contribution in [1.82, 2.24) is 14.4 Å². The fraction of sp³-hybridized carbons (Fsp3) is 0.609. The van der Waals surface area contributed by atoms with Gasteiger partial charge in [-0.15, -0.1) is 0 Å². The van der Waals surface area contributed by atoms with E-state index in [4.69, 9.17) is 4.52 Å². The molecule has 0 unspecified atom stereocenters. The lowest BCUT2D eigenvalue weighted by molar-refractivity contribution is 0.123. The molecule has 4 rings (SSSR count). The van der Waals surface area contributed by atoms with Crippen molar-refractivity contribution in [1.29, 1.82) is 0 Å². The Morgan fingerprint density at radius 1 is 1.00 bits per heavy atom. The lowest BCUT2D eigenvalue weighted by Gasteiger charge is -2.40. The summed E-state index contributed by atoms with van der Waals surface area (Å²) in [6.07, 6.45) is 6.23. The summed E-state index contributed by atoms with van der Waals surface area (Å²) in [5, 5.41) is 4.07. The lowest BCUT2D eigenvalue weighted by atomic mass is 9.87. The van der Waals surface area contributed by atoms with E-state index in [9.17, 15) is 8.42 Å².